The average molecular weight is 343 g/mol. The van der Waals surface area contributed by atoms with Gasteiger partial charge in [0.05, 0.1) is 5.39 Å². The number of anilines is 1. The number of hydrogen-bond donors (Lipinski definition) is 0. The highest BCUT2D eigenvalue weighted by molar-refractivity contribution is 6.07. The molecule has 0 unspecified atom stereocenters. The summed E-state index contributed by atoms with van der Waals surface area (Å²) in [6, 6.07) is 21.1. The maximum Gasteiger partial charge on any atom is 0.210 e. The van der Waals surface area contributed by atoms with Gasteiger partial charge in [-0.2, -0.15) is 0 Å². The quantitative estimate of drug-likeness (QED) is 0.407. The number of carbonyl (C=O) groups excluding carboxylic acids is 1. The molecule has 0 saturated carbocycles. The van der Waals surface area contributed by atoms with Gasteiger partial charge in [0.2, 0.25) is 11.3 Å². The predicted octanol–water partition coefficient (Wildman–Crippen LogP) is 4.40. The zero-order valence-electron chi connectivity index (χ0n) is 14.3. The Kier molecular flexibility index (Phi) is 4.01. The van der Waals surface area contributed by atoms with E-state index < -0.39 is 0 Å². The standard InChI is InChI=1S/C22H17NO3/c1-23(13-15-7-3-2-4-8-15)22-18(14-24)21(25)20-17-10-6-5-9-16(17)11-12-19(20)26-22/h2-12,14H,13H2,1H3. The van der Waals surface area contributed by atoms with Gasteiger partial charge in [-0.1, -0.05) is 60.7 Å². The summed E-state index contributed by atoms with van der Waals surface area (Å²) in [6.07, 6.45) is 0.587. The maximum atomic E-state index is 13.0. The van der Waals surface area contributed by atoms with Gasteiger partial charge < -0.3 is 9.32 Å². The highest BCUT2D eigenvalue weighted by atomic mass is 16.4. The lowest BCUT2D eigenvalue weighted by Crippen LogP contribution is -2.22. The minimum atomic E-state index is -0.298. The zero-order chi connectivity index (χ0) is 18.1. The largest absolute Gasteiger partial charge is 0.439 e. The smallest absolute Gasteiger partial charge is 0.210 e. The highest BCUT2D eigenvalue weighted by Gasteiger charge is 2.19. The molecule has 26 heavy (non-hydrogen) atoms. The van der Waals surface area contributed by atoms with Gasteiger partial charge in [-0.05, 0) is 22.4 Å². The Hall–Kier alpha value is -3.40. The Morgan fingerprint density at radius 1 is 0.962 bits per heavy atom. The molecule has 4 rings (SSSR count). The summed E-state index contributed by atoms with van der Waals surface area (Å²) >= 11 is 0. The van der Waals surface area contributed by atoms with Crippen molar-refractivity contribution < 1.29 is 9.21 Å². The monoisotopic (exact) mass is 343 g/mol. The third-order valence-corrected chi connectivity index (χ3v) is 4.53. The third kappa shape index (κ3) is 2.65. The van der Waals surface area contributed by atoms with Gasteiger partial charge in [-0.3, -0.25) is 9.59 Å². The number of rotatable bonds is 4. The van der Waals surface area contributed by atoms with E-state index in [9.17, 15) is 9.59 Å². The molecule has 4 heteroatoms. The van der Waals surface area contributed by atoms with Crippen molar-refractivity contribution in [2.45, 2.75) is 6.54 Å². The molecule has 0 aliphatic carbocycles. The molecule has 0 radical (unpaired) electrons. The van der Waals surface area contributed by atoms with Crippen LogP contribution in [0.1, 0.15) is 15.9 Å². The van der Waals surface area contributed by atoms with Crippen LogP contribution in [0.5, 0.6) is 0 Å². The molecule has 4 nitrogen and oxygen atoms in total. The molecule has 0 saturated heterocycles. The molecule has 0 spiro atoms. The van der Waals surface area contributed by atoms with Crippen molar-refractivity contribution in [3.05, 3.63) is 88.1 Å². The molecule has 0 amide bonds. The lowest BCUT2D eigenvalue weighted by Gasteiger charge is -2.19. The first kappa shape index (κ1) is 16.1. The molecule has 0 atom stereocenters. The maximum absolute atomic E-state index is 13.0. The summed E-state index contributed by atoms with van der Waals surface area (Å²) in [5.41, 5.74) is 1.29. The minimum Gasteiger partial charge on any atom is -0.439 e. The number of carbonyl (C=O) groups is 1. The third-order valence-electron chi connectivity index (χ3n) is 4.53. The van der Waals surface area contributed by atoms with Gasteiger partial charge in [0.25, 0.3) is 0 Å². The van der Waals surface area contributed by atoms with Crippen molar-refractivity contribution in [1.29, 1.82) is 0 Å². The second-order valence-corrected chi connectivity index (χ2v) is 6.27. The minimum absolute atomic E-state index is 0.0484. The first-order chi connectivity index (χ1) is 12.7. The fourth-order valence-electron chi connectivity index (χ4n) is 3.28. The van der Waals surface area contributed by atoms with Crippen molar-refractivity contribution in [3.8, 4) is 0 Å². The van der Waals surface area contributed by atoms with Gasteiger partial charge in [0.15, 0.2) is 6.29 Å². The molecule has 0 aliphatic rings. The van der Waals surface area contributed by atoms with E-state index in [4.69, 9.17) is 4.42 Å². The van der Waals surface area contributed by atoms with E-state index in [0.29, 0.717) is 23.8 Å². The van der Waals surface area contributed by atoms with Crippen molar-refractivity contribution in [2.24, 2.45) is 0 Å². The second kappa shape index (κ2) is 6.48. The van der Waals surface area contributed by atoms with Gasteiger partial charge in [-0.15, -0.1) is 0 Å². The normalized spacial score (nSPS) is 11.0. The van der Waals surface area contributed by atoms with Crippen molar-refractivity contribution >= 4 is 33.9 Å². The van der Waals surface area contributed by atoms with Crippen LogP contribution in [0, 0.1) is 0 Å². The summed E-state index contributed by atoms with van der Waals surface area (Å²) in [5.74, 6) is 0.289. The summed E-state index contributed by atoms with van der Waals surface area (Å²) < 4.78 is 6.00. The lowest BCUT2D eigenvalue weighted by molar-refractivity contribution is 0.112. The molecule has 1 aromatic heterocycles. The van der Waals surface area contributed by atoms with E-state index in [1.807, 2.05) is 67.7 Å². The zero-order valence-corrected chi connectivity index (χ0v) is 14.3. The van der Waals surface area contributed by atoms with Crippen molar-refractivity contribution in [3.63, 3.8) is 0 Å². The van der Waals surface area contributed by atoms with Crippen LogP contribution >= 0.6 is 0 Å². The van der Waals surface area contributed by atoms with E-state index >= 15 is 0 Å². The molecule has 0 fully saturated rings. The van der Waals surface area contributed by atoms with Crippen LogP contribution in [0.4, 0.5) is 5.88 Å². The number of benzene rings is 3. The number of aldehydes is 1. The lowest BCUT2D eigenvalue weighted by atomic mass is 10.0. The van der Waals surface area contributed by atoms with Crippen LogP contribution in [-0.4, -0.2) is 13.3 Å². The van der Waals surface area contributed by atoms with E-state index in [1.165, 1.54) is 0 Å². The van der Waals surface area contributed by atoms with Crippen LogP contribution in [0.25, 0.3) is 21.7 Å². The molecule has 3 aromatic carbocycles. The Morgan fingerprint density at radius 3 is 2.46 bits per heavy atom. The Balaban J connectivity index is 1.92. The molecule has 0 aliphatic heterocycles. The Bertz CT molecular complexity index is 1160. The van der Waals surface area contributed by atoms with Gasteiger partial charge >= 0.3 is 0 Å². The second-order valence-electron chi connectivity index (χ2n) is 6.27. The Morgan fingerprint density at radius 2 is 1.69 bits per heavy atom. The molecule has 0 N–H and O–H groups in total. The van der Waals surface area contributed by atoms with E-state index in [1.54, 1.807) is 11.0 Å². The summed E-state index contributed by atoms with van der Waals surface area (Å²) in [7, 11) is 1.81. The van der Waals surface area contributed by atoms with Gasteiger partial charge in [0, 0.05) is 13.6 Å². The number of fused-ring (bicyclic) bond motifs is 3. The topological polar surface area (TPSA) is 50.5 Å². The van der Waals surface area contributed by atoms with Crippen LogP contribution < -0.4 is 10.3 Å². The van der Waals surface area contributed by atoms with Crippen LogP contribution in [0.3, 0.4) is 0 Å². The summed E-state index contributed by atoms with van der Waals surface area (Å²) in [5, 5.41) is 2.18. The summed E-state index contributed by atoms with van der Waals surface area (Å²) in [6.45, 7) is 0.531. The summed E-state index contributed by atoms with van der Waals surface area (Å²) in [4.78, 5) is 26.5. The van der Waals surface area contributed by atoms with E-state index in [2.05, 4.69) is 0 Å². The van der Waals surface area contributed by atoms with E-state index in [0.717, 1.165) is 16.3 Å². The molecule has 0 bridgehead atoms. The van der Waals surface area contributed by atoms with E-state index in [-0.39, 0.29) is 16.9 Å². The first-order valence-corrected chi connectivity index (χ1v) is 8.38. The van der Waals surface area contributed by atoms with Crippen molar-refractivity contribution in [1.82, 2.24) is 0 Å². The SMILES string of the molecule is CN(Cc1ccccc1)c1oc2ccc3ccccc3c2c(=O)c1C=O. The molecular weight excluding hydrogens is 326 g/mol. The van der Waals surface area contributed by atoms with Crippen LogP contribution in [-0.2, 0) is 6.54 Å². The number of nitrogens with zero attached hydrogens (tertiary/aromatic N) is 1. The fraction of sp³-hybridized carbons (Fsp3) is 0.0909. The van der Waals surface area contributed by atoms with Crippen LogP contribution in [0.15, 0.2) is 75.9 Å². The predicted molar refractivity (Wildman–Crippen MR) is 104 cm³/mol. The van der Waals surface area contributed by atoms with Crippen LogP contribution in [0.2, 0.25) is 0 Å². The average Bonchev–Trinajstić information content (AvgIpc) is 2.68. The van der Waals surface area contributed by atoms with Gasteiger partial charge in [0.1, 0.15) is 11.1 Å². The van der Waals surface area contributed by atoms with Crippen molar-refractivity contribution in [2.75, 3.05) is 11.9 Å². The molecule has 4 aromatic rings. The molecule has 1 heterocycles. The molecular formula is C22H17NO3. The molecule has 128 valence electrons. The highest BCUT2D eigenvalue weighted by Crippen LogP contribution is 2.28. The number of hydrogen-bond acceptors (Lipinski definition) is 4. The first-order valence-electron chi connectivity index (χ1n) is 8.38. The van der Waals surface area contributed by atoms with Gasteiger partial charge in [-0.25, -0.2) is 0 Å². The Labute approximate surface area is 150 Å². The fourth-order valence-corrected chi connectivity index (χ4v) is 3.28.